The van der Waals surface area contributed by atoms with Crippen LogP contribution >= 0.6 is 0 Å². The molecule has 1 saturated carbocycles. The first kappa shape index (κ1) is 13.5. The van der Waals surface area contributed by atoms with Gasteiger partial charge in [-0.2, -0.15) is 0 Å². The van der Waals surface area contributed by atoms with Crippen molar-refractivity contribution in [3.63, 3.8) is 0 Å². The van der Waals surface area contributed by atoms with E-state index in [0.717, 1.165) is 32.2 Å². The van der Waals surface area contributed by atoms with Crippen LogP contribution in [-0.2, 0) is 9.53 Å². The van der Waals surface area contributed by atoms with E-state index < -0.39 is 0 Å². The first-order chi connectivity index (χ1) is 7.74. The lowest BCUT2D eigenvalue weighted by Crippen LogP contribution is -2.38. The third-order valence-electron chi connectivity index (χ3n) is 3.00. The second-order valence-electron chi connectivity index (χ2n) is 4.50. The molecular formula is C12H24N2O2. The fourth-order valence-electron chi connectivity index (χ4n) is 2.01. The molecule has 94 valence electrons. The number of ether oxygens (including phenoxy) is 1. The van der Waals surface area contributed by atoms with Crippen LogP contribution in [0.5, 0.6) is 0 Å². The predicted octanol–water partition coefficient (Wildman–Crippen LogP) is 1.19. The van der Waals surface area contributed by atoms with Crippen LogP contribution in [0.2, 0.25) is 0 Å². The van der Waals surface area contributed by atoms with E-state index in [-0.39, 0.29) is 24.7 Å². The lowest BCUT2D eigenvalue weighted by atomic mass is 10.1. The highest BCUT2D eigenvalue weighted by Gasteiger charge is 2.21. The van der Waals surface area contributed by atoms with E-state index in [1.807, 2.05) is 6.92 Å². The van der Waals surface area contributed by atoms with Gasteiger partial charge in [-0.1, -0.05) is 26.2 Å². The molecule has 4 nitrogen and oxygen atoms in total. The van der Waals surface area contributed by atoms with Gasteiger partial charge < -0.3 is 15.8 Å². The second-order valence-corrected chi connectivity index (χ2v) is 4.50. The first-order valence-corrected chi connectivity index (χ1v) is 6.38. The highest BCUT2D eigenvalue weighted by atomic mass is 16.5. The fourth-order valence-corrected chi connectivity index (χ4v) is 2.01. The zero-order chi connectivity index (χ0) is 11.8. The molecule has 0 heterocycles. The van der Waals surface area contributed by atoms with Gasteiger partial charge in [0, 0.05) is 12.6 Å². The average Bonchev–Trinajstić information content (AvgIpc) is 2.48. The molecule has 0 aromatic heterocycles. The SMILES string of the molecule is CCCNC(=O)COC1CCCCCC1N. The van der Waals surface area contributed by atoms with Crippen molar-refractivity contribution in [1.82, 2.24) is 5.32 Å². The summed E-state index contributed by atoms with van der Waals surface area (Å²) in [7, 11) is 0. The molecule has 16 heavy (non-hydrogen) atoms. The maximum Gasteiger partial charge on any atom is 0.246 e. The Morgan fingerprint density at radius 3 is 2.88 bits per heavy atom. The molecule has 1 amide bonds. The summed E-state index contributed by atoms with van der Waals surface area (Å²) < 4.78 is 5.60. The quantitative estimate of drug-likeness (QED) is 0.695. The Balaban J connectivity index is 2.21. The van der Waals surface area contributed by atoms with Crippen LogP contribution in [0.25, 0.3) is 0 Å². The molecule has 1 aliphatic rings. The summed E-state index contributed by atoms with van der Waals surface area (Å²) in [5.41, 5.74) is 6.01. The van der Waals surface area contributed by atoms with Crippen LogP contribution in [0.4, 0.5) is 0 Å². The molecule has 0 saturated heterocycles. The van der Waals surface area contributed by atoms with E-state index in [4.69, 9.17) is 10.5 Å². The smallest absolute Gasteiger partial charge is 0.246 e. The van der Waals surface area contributed by atoms with Gasteiger partial charge in [0.05, 0.1) is 6.10 Å². The topological polar surface area (TPSA) is 64.3 Å². The van der Waals surface area contributed by atoms with Crippen molar-refractivity contribution in [2.24, 2.45) is 5.73 Å². The summed E-state index contributed by atoms with van der Waals surface area (Å²) in [6.45, 7) is 2.90. The number of rotatable bonds is 5. The highest BCUT2D eigenvalue weighted by molar-refractivity contribution is 5.77. The van der Waals surface area contributed by atoms with Gasteiger partial charge in [0.1, 0.15) is 6.61 Å². The van der Waals surface area contributed by atoms with Crippen LogP contribution in [-0.4, -0.2) is 31.2 Å². The minimum Gasteiger partial charge on any atom is -0.367 e. The Morgan fingerprint density at radius 1 is 1.38 bits per heavy atom. The molecule has 2 atom stereocenters. The molecular weight excluding hydrogens is 204 g/mol. The number of carbonyl (C=O) groups is 1. The standard InChI is InChI=1S/C12H24N2O2/c1-2-8-14-12(15)9-16-11-7-5-3-4-6-10(11)13/h10-11H,2-9,13H2,1H3,(H,14,15). The summed E-state index contributed by atoms with van der Waals surface area (Å²) in [4.78, 5) is 11.4. The molecule has 1 fully saturated rings. The van der Waals surface area contributed by atoms with E-state index in [9.17, 15) is 4.79 Å². The van der Waals surface area contributed by atoms with Crippen molar-refractivity contribution in [3.05, 3.63) is 0 Å². The number of amides is 1. The van der Waals surface area contributed by atoms with Crippen molar-refractivity contribution in [2.75, 3.05) is 13.2 Å². The van der Waals surface area contributed by atoms with Crippen molar-refractivity contribution in [1.29, 1.82) is 0 Å². The molecule has 0 aliphatic heterocycles. The number of carbonyl (C=O) groups excluding carboxylic acids is 1. The van der Waals surface area contributed by atoms with Gasteiger partial charge in [-0.3, -0.25) is 4.79 Å². The Bertz CT molecular complexity index is 209. The van der Waals surface area contributed by atoms with Crippen LogP contribution in [0.15, 0.2) is 0 Å². The number of nitrogens with one attached hydrogen (secondary N) is 1. The lowest BCUT2D eigenvalue weighted by Gasteiger charge is -2.21. The van der Waals surface area contributed by atoms with E-state index in [2.05, 4.69) is 5.32 Å². The number of hydrogen-bond donors (Lipinski definition) is 2. The molecule has 0 spiro atoms. The van der Waals surface area contributed by atoms with Gasteiger partial charge >= 0.3 is 0 Å². The largest absolute Gasteiger partial charge is 0.367 e. The minimum absolute atomic E-state index is 0.0294. The maximum atomic E-state index is 11.4. The van der Waals surface area contributed by atoms with Crippen LogP contribution in [0.3, 0.4) is 0 Å². The van der Waals surface area contributed by atoms with Crippen molar-refractivity contribution in [2.45, 2.75) is 57.6 Å². The fraction of sp³-hybridized carbons (Fsp3) is 0.917. The van der Waals surface area contributed by atoms with Gasteiger partial charge in [0.15, 0.2) is 0 Å². The van der Waals surface area contributed by atoms with Gasteiger partial charge in [-0.05, 0) is 19.3 Å². The Labute approximate surface area is 97.9 Å². The third kappa shape index (κ3) is 4.94. The molecule has 2 unspecified atom stereocenters. The van der Waals surface area contributed by atoms with Crippen LogP contribution in [0, 0.1) is 0 Å². The lowest BCUT2D eigenvalue weighted by molar-refractivity contribution is -0.128. The summed E-state index contributed by atoms with van der Waals surface area (Å²) in [5.74, 6) is -0.0294. The predicted molar refractivity (Wildman–Crippen MR) is 64.1 cm³/mol. The van der Waals surface area contributed by atoms with Gasteiger partial charge in [0.2, 0.25) is 5.91 Å². The van der Waals surface area contributed by atoms with E-state index in [0.29, 0.717) is 0 Å². The van der Waals surface area contributed by atoms with Crippen LogP contribution in [0.1, 0.15) is 45.4 Å². The summed E-state index contributed by atoms with van der Waals surface area (Å²) >= 11 is 0. The summed E-state index contributed by atoms with van der Waals surface area (Å²) in [6.07, 6.45) is 6.60. The van der Waals surface area contributed by atoms with Crippen molar-refractivity contribution in [3.8, 4) is 0 Å². The Morgan fingerprint density at radius 2 is 2.12 bits per heavy atom. The van der Waals surface area contributed by atoms with E-state index >= 15 is 0 Å². The zero-order valence-electron chi connectivity index (χ0n) is 10.2. The van der Waals surface area contributed by atoms with Gasteiger partial charge in [-0.15, -0.1) is 0 Å². The zero-order valence-corrected chi connectivity index (χ0v) is 10.2. The Hall–Kier alpha value is -0.610. The molecule has 0 bridgehead atoms. The van der Waals surface area contributed by atoms with Crippen LogP contribution < -0.4 is 11.1 Å². The molecule has 0 aromatic rings. The summed E-state index contributed by atoms with van der Waals surface area (Å²) in [6, 6.07) is 0.0986. The molecule has 0 aromatic carbocycles. The minimum atomic E-state index is -0.0294. The van der Waals surface area contributed by atoms with Crippen molar-refractivity contribution >= 4 is 5.91 Å². The first-order valence-electron chi connectivity index (χ1n) is 6.38. The summed E-state index contributed by atoms with van der Waals surface area (Å²) in [5, 5.41) is 2.80. The Kier molecular flexibility index (Phi) is 6.42. The van der Waals surface area contributed by atoms with E-state index in [1.54, 1.807) is 0 Å². The molecule has 1 aliphatic carbocycles. The van der Waals surface area contributed by atoms with Gasteiger partial charge in [-0.25, -0.2) is 0 Å². The molecule has 3 N–H and O–H groups in total. The molecule has 0 radical (unpaired) electrons. The maximum absolute atomic E-state index is 11.4. The molecule has 1 rings (SSSR count). The molecule has 4 heteroatoms. The highest BCUT2D eigenvalue weighted by Crippen LogP contribution is 2.18. The van der Waals surface area contributed by atoms with Gasteiger partial charge in [0.25, 0.3) is 0 Å². The van der Waals surface area contributed by atoms with Crippen molar-refractivity contribution < 1.29 is 9.53 Å². The third-order valence-corrected chi connectivity index (χ3v) is 3.00. The number of nitrogens with two attached hydrogens (primary N) is 1. The van der Waals surface area contributed by atoms with E-state index in [1.165, 1.54) is 12.8 Å². The number of hydrogen-bond acceptors (Lipinski definition) is 3. The normalized spacial score (nSPS) is 26.1. The monoisotopic (exact) mass is 228 g/mol. The second kappa shape index (κ2) is 7.63. The average molecular weight is 228 g/mol.